The maximum Gasteiger partial charge on any atom is 0.416 e. The molecule has 0 aliphatic carbocycles. The molecule has 0 saturated carbocycles. The Labute approximate surface area is 193 Å². The van der Waals surface area contributed by atoms with E-state index in [1.165, 1.54) is 41.1 Å². The zero-order valence-electron chi connectivity index (χ0n) is 17.7. The van der Waals surface area contributed by atoms with Crippen molar-refractivity contribution in [2.45, 2.75) is 25.8 Å². The van der Waals surface area contributed by atoms with Crippen LogP contribution in [0.4, 0.5) is 26.3 Å². The Morgan fingerprint density at radius 1 is 1.03 bits per heavy atom. The summed E-state index contributed by atoms with van der Waals surface area (Å²) in [4.78, 5) is 23.1. The third kappa shape index (κ3) is 5.46. The summed E-state index contributed by atoms with van der Waals surface area (Å²) in [6, 6.07) is 8.59. The van der Waals surface area contributed by atoms with Gasteiger partial charge in [0.05, 0.1) is 11.1 Å². The molecule has 0 spiro atoms. The highest BCUT2D eigenvalue weighted by atomic mass is 19.4. The van der Waals surface area contributed by atoms with E-state index in [-0.39, 0.29) is 28.1 Å². The van der Waals surface area contributed by atoms with Crippen molar-refractivity contribution in [2.24, 2.45) is 0 Å². The van der Waals surface area contributed by atoms with E-state index in [0.717, 1.165) is 6.92 Å². The van der Waals surface area contributed by atoms with E-state index in [2.05, 4.69) is 0 Å². The fraction of sp³-hybridized carbons (Fsp3) is 0.174. The first-order chi connectivity index (χ1) is 16.2. The number of hydrogen-bond acceptors (Lipinski definition) is 4. The summed E-state index contributed by atoms with van der Waals surface area (Å²) in [5, 5.41) is 18.9. The van der Waals surface area contributed by atoms with Gasteiger partial charge in [0.2, 0.25) is 0 Å². The number of hydrogen-bond donors (Lipinski definition) is 1. The zero-order chi connectivity index (χ0) is 26.1. The van der Waals surface area contributed by atoms with Crippen molar-refractivity contribution in [3.05, 3.63) is 76.5 Å². The highest BCUT2D eigenvalue weighted by molar-refractivity contribution is 6.04. The number of carbonyl (C=O) groups excluding carboxylic acids is 1. The van der Waals surface area contributed by atoms with Crippen molar-refractivity contribution < 1.29 is 45.8 Å². The highest BCUT2D eigenvalue weighted by Gasteiger charge is 2.37. The molecule has 6 nitrogen and oxygen atoms in total. The number of alkyl halides is 6. The standard InChI is InChI=1S/C23H14F6N2O4/c1-12(32)35-20(17(9-30)21(33)34)18-11-31(19-5-3-2-4-16(18)19)10-13-6-14(22(24,25)26)8-15(7-13)23(27,28)29/h2-8,11H,10H2,1H3,(H,33,34). The van der Waals surface area contributed by atoms with Crippen molar-refractivity contribution in [3.8, 4) is 6.07 Å². The molecule has 0 aliphatic rings. The molecule has 3 aromatic rings. The molecule has 2 aromatic carbocycles. The van der Waals surface area contributed by atoms with Crippen LogP contribution in [0.1, 0.15) is 29.2 Å². The summed E-state index contributed by atoms with van der Waals surface area (Å²) in [7, 11) is 0. The van der Waals surface area contributed by atoms with Crippen LogP contribution in [0.5, 0.6) is 0 Å². The lowest BCUT2D eigenvalue weighted by Crippen LogP contribution is -2.12. The summed E-state index contributed by atoms with van der Waals surface area (Å²) in [5.74, 6) is -3.26. The van der Waals surface area contributed by atoms with Crippen molar-refractivity contribution in [3.63, 3.8) is 0 Å². The van der Waals surface area contributed by atoms with Gasteiger partial charge >= 0.3 is 24.3 Å². The first-order valence-electron chi connectivity index (χ1n) is 9.65. The fourth-order valence-corrected chi connectivity index (χ4v) is 3.45. The summed E-state index contributed by atoms with van der Waals surface area (Å²) in [6.45, 7) is 0.493. The second-order valence-electron chi connectivity index (χ2n) is 7.32. The summed E-state index contributed by atoms with van der Waals surface area (Å²) < 4.78 is 85.7. The van der Waals surface area contributed by atoms with E-state index in [4.69, 9.17) is 4.74 Å². The average Bonchev–Trinajstić information content (AvgIpc) is 3.10. The molecule has 12 heteroatoms. The number of rotatable bonds is 5. The van der Waals surface area contributed by atoms with E-state index in [9.17, 15) is 46.3 Å². The number of halogens is 6. The number of aliphatic carboxylic acids is 1. The van der Waals surface area contributed by atoms with Gasteiger partial charge in [-0.25, -0.2) is 4.79 Å². The first-order valence-corrected chi connectivity index (χ1v) is 9.65. The Balaban J connectivity index is 2.25. The van der Waals surface area contributed by atoms with Gasteiger partial charge in [-0.2, -0.15) is 31.6 Å². The second-order valence-corrected chi connectivity index (χ2v) is 7.32. The topological polar surface area (TPSA) is 92.3 Å². The molecular weight excluding hydrogens is 482 g/mol. The number of para-hydroxylation sites is 1. The van der Waals surface area contributed by atoms with Crippen molar-refractivity contribution in [2.75, 3.05) is 0 Å². The zero-order valence-corrected chi connectivity index (χ0v) is 17.7. The van der Waals surface area contributed by atoms with Crippen LogP contribution in [0.3, 0.4) is 0 Å². The molecule has 35 heavy (non-hydrogen) atoms. The van der Waals surface area contributed by atoms with Crippen LogP contribution in [-0.2, 0) is 33.2 Å². The Hall–Kier alpha value is -4.27. The first kappa shape index (κ1) is 25.4. The van der Waals surface area contributed by atoms with Gasteiger partial charge in [0.15, 0.2) is 11.3 Å². The smallest absolute Gasteiger partial charge is 0.416 e. The predicted octanol–water partition coefficient (Wildman–Crippen LogP) is 5.61. The van der Waals surface area contributed by atoms with Crippen LogP contribution >= 0.6 is 0 Å². The van der Waals surface area contributed by atoms with E-state index in [0.29, 0.717) is 12.1 Å². The maximum absolute atomic E-state index is 13.2. The van der Waals surface area contributed by atoms with E-state index < -0.39 is 53.3 Å². The molecule has 0 aliphatic heterocycles. The van der Waals surface area contributed by atoms with Gasteiger partial charge < -0.3 is 14.4 Å². The number of aromatic nitrogens is 1. The Kier molecular flexibility index (Phi) is 6.64. The SMILES string of the molecule is CC(=O)OC(=C(C#N)C(=O)O)c1cn(Cc2cc(C(F)(F)F)cc(C(F)(F)F)c2)c2ccccc12. The van der Waals surface area contributed by atoms with Gasteiger partial charge in [0, 0.05) is 36.1 Å². The molecule has 0 atom stereocenters. The van der Waals surface area contributed by atoms with Crippen LogP contribution in [0.15, 0.2) is 54.2 Å². The van der Waals surface area contributed by atoms with Gasteiger partial charge in [-0.05, 0) is 29.8 Å². The van der Waals surface area contributed by atoms with Crippen LogP contribution in [0.2, 0.25) is 0 Å². The maximum atomic E-state index is 13.2. The average molecular weight is 496 g/mol. The summed E-state index contributed by atoms with van der Waals surface area (Å²) >= 11 is 0. The van der Waals surface area contributed by atoms with Gasteiger partial charge in [-0.3, -0.25) is 4.79 Å². The minimum Gasteiger partial charge on any atom is -0.477 e. The van der Waals surface area contributed by atoms with E-state index >= 15 is 0 Å². The molecule has 1 N–H and O–H groups in total. The molecule has 1 aromatic heterocycles. The number of nitriles is 1. The number of carboxylic acids is 1. The van der Waals surface area contributed by atoms with E-state index in [1.807, 2.05) is 0 Å². The molecule has 1 heterocycles. The lowest BCUT2D eigenvalue weighted by Gasteiger charge is -2.15. The number of nitrogens with zero attached hydrogens (tertiary/aromatic N) is 2. The molecule has 0 saturated heterocycles. The number of carbonyl (C=O) groups is 2. The lowest BCUT2D eigenvalue weighted by molar-refractivity contribution is -0.143. The van der Waals surface area contributed by atoms with Crippen molar-refractivity contribution in [1.29, 1.82) is 5.26 Å². The second kappa shape index (κ2) is 9.17. The number of fused-ring (bicyclic) bond motifs is 1. The quantitative estimate of drug-likeness (QED) is 0.163. The van der Waals surface area contributed by atoms with Crippen LogP contribution < -0.4 is 0 Å². The van der Waals surface area contributed by atoms with Crippen molar-refractivity contribution >= 4 is 28.6 Å². The van der Waals surface area contributed by atoms with Crippen LogP contribution in [0.25, 0.3) is 16.7 Å². The van der Waals surface area contributed by atoms with Gasteiger partial charge in [-0.1, -0.05) is 18.2 Å². The molecule has 0 unspecified atom stereocenters. The van der Waals surface area contributed by atoms with Gasteiger partial charge in [0.25, 0.3) is 0 Å². The van der Waals surface area contributed by atoms with Crippen LogP contribution in [-0.4, -0.2) is 21.6 Å². The molecule has 0 radical (unpaired) electrons. The molecule has 3 rings (SSSR count). The number of benzene rings is 2. The number of ether oxygens (including phenoxy) is 1. The van der Waals surface area contributed by atoms with Crippen LogP contribution in [0, 0.1) is 11.3 Å². The number of carboxylic acid groups (broad SMARTS) is 1. The molecule has 182 valence electrons. The van der Waals surface area contributed by atoms with Crippen molar-refractivity contribution in [1.82, 2.24) is 4.57 Å². The number of esters is 1. The third-order valence-electron chi connectivity index (χ3n) is 4.83. The molecule has 0 bridgehead atoms. The largest absolute Gasteiger partial charge is 0.477 e. The van der Waals surface area contributed by atoms with E-state index in [1.54, 1.807) is 0 Å². The fourth-order valence-electron chi connectivity index (χ4n) is 3.45. The molecule has 0 fully saturated rings. The monoisotopic (exact) mass is 496 g/mol. The van der Waals surface area contributed by atoms with Gasteiger partial charge in [0.1, 0.15) is 6.07 Å². The third-order valence-corrected chi connectivity index (χ3v) is 4.83. The lowest BCUT2D eigenvalue weighted by atomic mass is 10.0. The highest BCUT2D eigenvalue weighted by Crippen LogP contribution is 2.37. The summed E-state index contributed by atoms with van der Waals surface area (Å²) in [6.07, 6.45) is -8.88. The minimum atomic E-state index is -5.03. The Bertz CT molecular complexity index is 1360. The summed E-state index contributed by atoms with van der Waals surface area (Å²) in [5.41, 5.74) is -4.01. The Morgan fingerprint density at radius 2 is 1.60 bits per heavy atom. The molecule has 0 amide bonds. The normalized spacial score (nSPS) is 12.7. The Morgan fingerprint density at radius 3 is 2.09 bits per heavy atom. The predicted molar refractivity (Wildman–Crippen MR) is 109 cm³/mol. The molecular formula is C23H14F6N2O4. The minimum absolute atomic E-state index is 0.0102. The van der Waals surface area contributed by atoms with Gasteiger partial charge in [-0.15, -0.1) is 0 Å².